The van der Waals surface area contributed by atoms with E-state index < -0.39 is 0 Å². The molecule has 38 heavy (non-hydrogen) atoms. The van der Waals surface area contributed by atoms with Crippen molar-refractivity contribution in [3.8, 4) is 39.4 Å². The van der Waals surface area contributed by atoms with Crippen LogP contribution in [-0.2, 0) is 0 Å². The molecule has 0 aromatic heterocycles. The van der Waals surface area contributed by atoms with Gasteiger partial charge >= 0.3 is 0 Å². The van der Waals surface area contributed by atoms with E-state index in [0.717, 1.165) is 49.4 Å². The normalized spacial score (nSPS) is 11.1. The van der Waals surface area contributed by atoms with Gasteiger partial charge < -0.3 is 0 Å². The summed E-state index contributed by atoms with van der Waals surface area (Å²) in [6, 6.07) is 51.5. The van der Waals surface area contributed by atoms with Crippen LogP contribution in [0, 0.1) is 11.3 Å². The van der Waals surface area contributed by atoms with Gasteiger partial charge in [0, 0.05) is 10.9 Å². The second-order valence-corrected chi connectivity index (χ2v) is 9.68. The molecule has 0 spiro atoms. The van der Waals surface area contributed by atoms with Gasteiger partial charge in [0.2, 0.25) is 0 Å². The summed E-state index contributed by atoms with van der Waals surface area (Å²) >= 11 is 0. The first-order chi connectivity index (χ1) is 18.8. The van der Waals surface area contributed by atoms with Crippen molar-refractivity contribution in [3.05, 3.63) is 145 Å². The molecule has 0 fully saturated rings. The molecule has 176 valence electrons. The number of hydrogen-bond acceptors (Lipinski definition) is 1. The zero-order chi connectivity index (χ0) is 25.5. The summed E-state index contributed by atoms with van der Waals surface area (Å²) in [6.45, 7) is 0. The Kier molecular flexibility index (Phi) is 5.24. The fourth-order valence-corrected chi connectivity index (χ4v) is 5.64. The quantitative estimate of drug-likeness (QED) is 0.230. The lowest BCUT2D eigenvalue weighted by Crippen LogP contribution is -1.92. The average Bonchev–Trinajstić information content (AvgIpc) is 3.00. The maximum atomic E-state index is 10.5. The van der Waals surface area contributed by atoms with Crippen LogP contribution in [0.2, 0.25) is 0 Å². The highest BCUT2D eigenvalue weighted by Crippen LogP contribution is 2.41. The van der Waals surface area contributed by atoms with Crippen molar-refractivity contribution < 1.29 is 0 Å². The van der Waals surface area contributed by atoms with Gasteiger partial charge in [-0.15, -0.1) is 0 Å². The first kappa shape index (κ1) is 22.0. The minimum atomic E-state index is 0.717. The lowest BCUT2D eigenvalue weighted by Gasteiger charge is -2.16. The zero-order valence-corrected chi connectivity index (χ0v) is 20.7. The summed E-state index contributed by atoms with van der Waals surface area (Å²) in [5, 5.41) is 17.3. The van der Waals surface area contributed by atoms with E-state index in [9.17, 15) is 5.26 Å². The highest BCUT2D eigenvalue weighted by molar-refractivity contribution is 6.17. The summed E-state index contributed by atoms with van der Waals surface area (Å²) in [7, 11) is 0. The lowest BCUT2D eigenvalue weighted by atomic mass is 9.86. The van der Waals surface area contributed by atoms with Crippen LogP contribution >= 0.6 is 0 Å². The molecule has 0 atom stereocenters. The zero-order valence-electron chi connectivity index (χ0n) is 20.7. The molecule has 1 heteroatoms. The number of hydrogen-bond donors (Lipinski definition) is 0. The van der Waals surface area contributed by atoms with E-state index in [-0.39, 0.29) is 0 Å². The fraction of sp³-hybridized carbons (Fsp3) is 0. The van der Waals surface area contributed by atoms with Gasteiger partial charge in [-0.2, -0.15) is 5.26 Å². The number of nitrogens with zero attached hydrogens (tertiary/aromatic N) is 1. The van der Waals surface area contributed by atoms with Gasteiger partial charge in [-0.1, -0.05) is 121 Å². The number of nitriles is 1. The molecular formula is C37H23N. The van der Waals surface area contributed by atoms with Crippen LogP contribution in [0.1, 0.15) is 5.56 Å². The van der Waals surface area contributed by atoms with Crippen molar-refractivity contribution in [2.45, 2.75) is 0 Å². The predicted molar refractivity (Wildman–Crippen MR) is 160 cm³/mol. The smallest absolute Gasteiger partial charge is 0.100 e. The molecule has 0 unspecified atom stereocenters. The monoisotopic (exact) mass is 481 g/mol. The summed E-state index contributed by atoms with van der Waals surface area (Å²) in [6.07, 6.45) is 0. The summed E-state index contributed by atoms with van der Waals surface area (Å²) in [5.41, 5.74) is 7.36. The standard InChI is InChI=1S/C37H23N/c38-24-36-33-16-7-6-15-32(33)34-20-19-30(25-9-2-1-3-10-25)23-35(34)37(36)31-14-8-13-28(22-31)29-18-17-26-11-4-5-12-27(26)21-29/h1-23H. The van der Waals surface area contributed by atoms with Gasteiger partial charge in [0.05, 0.1) is 5.56 Å². The third-order valence-corrected chi connectivity index (χ3v) is 7.48. The summed E-state index contributed by atoms with van der Waals surface area (Å²) in [4.78, 5) is 0. The molecule has 7 rings (SSSR count). The van der Waals surface area contributed by atoms with Crippen molar-refractivity contribution in [3.63, 3.8) is 0 Å². The van der Waals surface area contributed by atoms with Crippen LogP contribution in [0.3, 0.4) is 0 Å². The summed E-state index contributed by atoms with van der Waals surface area (Å²) < 4.78 is 0. The maximum absolute atomic E-state index is 10.5. The molecule has 0 amide bonds. The van der Waals surface area contributed by atoms with Crippen LogP contribution in [0.4, 0.5) is 0 Å². The molecule has 0 saturated heterocycles. The van der Waals surface area contributed by atoms with E-state index in [1.807, 2.05) is 18.2 Å². The Hall–Kier alpha value is -5.19. The van der Waals surface area contributed by atoms with Gasteiger partial charge in [0.15, 0.2) is 0 Å². The van der Waals surface area contributed by atoms with E-state index in [0.29, 0.717) is 5.56 Å². The van der Waals surface area contributed by atoms with Crippen LogP contribution in [0.5, 0.6) is 0 Å². The Morgan fingerprint density at radius 3 is 1.82 bits per heavy atom. The van der Waals surface area contributed by atoms with Crippen molar-refractivity contribution in [1.29, 1.82) is 5.26 Å². The first-order valence-electron chi connectivity index (χ1n) is 12.8. The Morgan fingerprint density at radius 2 is 0.974 bits per heavy atom. The molecule has 0 N–H and O–H groups in total. The van der Waals surface area contributed by atoms with Crippen molar-refractivity contribution in [2.24, 2.45) is 0 Å². The third kappa shape index (κ3) is 3.63. The largest absolute Gasteiger partial charge is 0.192 e. The molecule has 7 aromatic carbocycles. The van der Waals surface area contributed by atoms with Crippen molar-refractivity contribution in [1.82, 2.24) is 0 Å². The van der Waals surface area contributed by atoms with Crippen molar-refractivity contribution in [2.75, 3.05) is 0 Å². The fourth-order valence-electron chi connectivity index (χ4n) is 5.64. The molecular weight excluding hydrogens is 458 g/mol. The third-order valence-electron chi connectivity index (χ3n) is 7.48. The van der Waals surface area contributed by atoms with E-state index in [2.05, 4.69) is 127 Å². The van der Waals surface area contributed by atoms with Gasteiger partial charge in [-0.25, -0.2) is 0 Å². The van der Waals surface area contributed by atoms with Gasteiger partial charge in [-0.3, -0.25) is 0 Å². The molecule has 0 heterocycles. The Labute approximate surface area is 221 Å². The van der Waals surface area contributed by atoms with Crippen LogP contribution < -0.4 is 0 Å². The molecule has 0 aliphatic heterocycles. The van der Waals surface area contributed by atoms with Gasteiger partial charge in [0.1, 0.15) is 6.07 Å². The minimum Gasteiger partial charge on any atom is -0.192 e. The van der Waals surface area contributed by atoms with Crippen molar-refractivity contribution >= 4 is 32.3 Å². The minimum absolute atomic E-state index is 0.717. The second kappa shape index (κ2) is 9.04. The average molecular weight is 482 g/mol. The van der Waals surface area contributed by atoms with Crippen LogP contribution in [0.15, 0.2) is 140 Å². The van der Waals surface area contributed by atoms with E-state index in [4.69, 9.17) is 0 Å². The van der Waals surface area contributed by atoms with E-state index in [1.165, 1.54) is 16.3 Å². The number of benzene rings is 7. The topological polar surface area (TPSA) is 23.8 Å². The highest BCUT2D eigenvalue weighted by Gasteiger charge is 2.17. The van der Waals surface area contributed by atoms with Crippen LogP contribution in [0.25, 0.3) is 65.7 Å². The Balaban J connectivity index is 1.52. The lowest BCUT2D eigenvalue weighted by molar-refractivity contribution is 1.50. The highest BCUT2D eigenvalue weighted by atomic mass is 14.3. The molecule has 0 bridgehead atoms. The maximum Gasteiger partial charge on any atom is 0.100 e. The first-order valence-corrected chi connectivity index (χ1v) is 12.8. The molecule has 0 radical (unpaired) electrons. The Bertz CT molecular complexity index is 2030. The van der Waals surface area contributed by atoms with E-state index >= 15 is 0 Å². The second-order valence-electron chi connectivity index (χ2n) is 9.68. The predicted octanol–water partition coefficient (Wildman–Crippen LogP) is 10.0. The van der Waals surface area contributed by atoms with Crippen LogP contribution in [-0.4, -0.2) is 0 Å². The molecule has 0 saturated carbocycles. The molecule has 7 aromatic rings. The number of rotatable bonds is 3. The van der Waals surface area contributed by atoms with E-state index in [1.54, 1.807) is 0 Å². The number of fused-ring (bicyclic) bond motifs is 4. The molecule has 0 aliphatic carbocycles. The SMILES string of the molecule is N#Cc1c(-c2cccc(-c3ccc4ccccc4c3)c2)c2cc(-c3ccccc3)ccc2c2ccccc12. The van der Waals surface area contributed by atoms with Gasteiger partial charge in [0.25, 0.3) is 0 Å². The molecule has 1 nitrogen and oxygen atoms in total. The Morgan fingerprint density at radius 1 is 0.368 bits per heavy atom. The molecule has 0 aliphatic rings. The summed E-state index contributed by atoms with van der Waals surface area (Å²) in [5.74, 6) is 0. The van der Waals surface area contributed by atoms with Gasteiger partial charge in [-0.05, 0) is 72.9 Å².